The number of amides is 1. The summed E-state index contributed by atoms with van der Waals surface area (Å²) in [6, 6.07) is 6.82. The molecule has 0 unspecified atom stereocenters. The smallest absolute Gasteiger partial charge is 0.258 e. The van der Waals surface area contributed by atoms with E-state index >= 15 is 0 Å². The topological polar surface area (TPSA) is 66.5 Å². The van der Waals surface area contributed by atoms with Crippen LogP contribution in [0.4, 0.5) is 18.9 Å². The number of benzene rings is 2. The van der Waals surface area contributed by atoms with Crippen LogP contribution in [0, 0.1) is 17.5 Å². The number of hydrogen-bond acceptors (Lipinski definition) is 3. The zero-order chi connectivity index (χ0) is 18.9. The van der Waals surface area contributed by atoms with Crippen molar-refractivity contribution >= 4 is 21.6 Å². The lowest BCUT2D eigenvalue weighted by Gasteiger charge is -2.15. The molecular weight excluding hydrogens is 369 g/mol. The number of carbonyl (C=O) groups is 1. The minimum absolute atomic E-state index is 0.0800. The van der Waals surface area contributed by atoms with Crippen molar-refractivity contribution in [1.29, 1.82) is 0 Å². The maximum absolute atomic E-state index is 13.6. The molecule has 2 aromatic carbocycles. The van der Waals surface area contributed by atoms with Crippen molar-refractivity contribution in [3.05, 3.63) is 59.4 Å². The molecule has 26 heavy (non-hydrogen) atoms. The molecule has 2 aromatic rings. The van der Waals surface area contributed by atoms with Gasteiger partial charge in [-0.3, -0.25) is 4.79 Å². The minimum Gasteiger partial charge on any atom is -0.322 e. The Morgan fingerprint density at radius 1 is 0.923 bits per heavy atom. The van der Waals surface area contributed by atoms with Crippen molar-refractivity contribution in [2.45, 2.75) is 17.7 Å². The maximum atomic E-state index is 13.6. The van der Waals surface area contributed by atoms with Crippen LogP contribution in [0.25, 0.3) is 0 Å². The second-order valence-corrected chi connectivity index (χ2v) is 7.75. The Hall–Kier alpha value is -2.39. The molecule has 1 fully saturated rings. The summed E-state index contributed by atoms with van der Waals surface area (Å²) in [6.45, 7) is 0.937. The first-order valence-electron chi connectivity index (χ1n) is 7.86. The molecule has 5 nitrogen and oxygen atoms in total. The lowest BCUT2D eigenvalue weighted by Crippen LogP contribution is -2.27. The van der Waals surface area contributed by atoms with Gasteiger partial charge < -0.3 is 5.32 Å². The van der Waals surface area contributed by atoms with Crippen molar-refractivity contribution in [2.24, 2.45) is 0 Å². The van der Waals surface area contributed by atoms with Gasteiger partial charge in [0, 0.05) is 18.8 Å². The van der Waals surface area contributed by atoms with Crippen molar-refractivity contribution in [1.82, 2.24) is 4.31 Å². The highest BCUT2D eigenvalue weighted by molar-refractivity contribution is 7.89. The number of nitrogens with one attached hydrogen (secondary N) is 1. The van der Waals surface area contributed by atoms with Gasteiger partial charge in [-0.2, -0.15) is 4.31 Å². The van der Waals surface area contributed by atoms with Crippen molar-refractivity contribution in [3.8, 4) is 0 Å². The SMILES string of the molecule is O=C(Nc1ccc(S(=O)(=O)N2CCCC2)cc1)c1ccc(F)c(F)c1F. The zero-order valence-electron chi connectivity index (χ0n) is 13.5. The van der Waals surface area contributed by atoms with Crippen LogP contribution in [0.5, 0.6) is 0 Å². The molecule has 0 bridgehead atoms. The summed E-state index contributed by atoms with van der Waals surface area (Å²) in [4.78, 5) is 12.1. The Morgan fingerprint density at radius 3 is 2.15 bits per heavy atom. The van der Waals surface area contributed by atoms with E-state index in [4.69, 9.17) is 0 Å². The van der Waals surface area contributed by atoms with E-state index in [0.29, 0.717) is 19.2 Å². The number of hydrogen-bond donors (Lipinski definition) is 1. The number of halogens is 3. The number of nitrogens with zero attached hydrogens (tertiary/aromatic N) is 1. The zero-order valence-corrected chi connectivity index (χ0v) is 14.3. The van der Waals surface area contributed by atoms with Gasteiger partial charge in [-0.1, -0.05) is 0 Å². The van der Waals surface area contributed by atoms with Crippen LogP contribution in [0.1, 0.15) is 23.2 Å². The second-order valence-electron chi connectivity index (χ2n) is 5.81. The molecule has 1 saturated heterocycles. The molecule has 1 amide bonds. The van der Waals surface area contributed by atoms with E-state index in [-0.39, 0.29) is 10.6 Å². The molecule has 1 aliphatic rings. The quantitative estimate of drug-likeness (QED) is 0.824. The molecule has 0 spiro atoms. The third-order valence-electron chi connectivity index (χ3n) is 4.09. The second kappa shape index (κ2) is 7.08. The summed E-state index contributed by atoms with van der Waals surface area (Å²) >= 11 is 0. The number of anilines is 1. The first-order chi connectivity index (χ1) is 12.3. The number of carbonyl (C=O) groups excluding carboxylic acids is 1. The summed E-state index contributed by atoms with van der Waals surface area (Å²) in [5.74, 6) is -5.69. The largest absolute Gasteiger partial charge is 0.322 e. The van der Waals surface area contributed by atoms with Crippen LogP contribution in [-0.2, 0) is 10.0 Å². The molecule has 3 rings (SSSR count). The Balaban J connectivity index is 1.77. The van der Waals surface area contributed by atoms with Gasteiger partial charge in [0.05, 0.1) is 10.5 Å². The Morgan fingerprint density at radius 2 is 1.54 bits per heavy atom. The van der Waals surface area contributed by atoms with Gasteiger partial charge in [0.25, 0.3) is 5.91 Å². The van der Waals surface area contributed by atoms with Crippen LogP contribution in [0.15, 0.2) is 41.3 Å². The van der Waals surface area contributed by atoms with Crippen LogP contribution in [0.3, 0.4) is 0 Å². The number of sulfonamides is 1. The van der Waals surface area contributed by atoms with E-state index in [1.807, 2.05) is 0 Å². The van der Waals surface area contributed by atoms with E-state index < -0.39 is 38.9 Å². The molecular formula is C17H15F3N2O3S. The van der Waals surface area contributed by atoms with Gasteiger partial charge in [-0.15, -0.1) is 0 Å². The van der Waals surface area contributed by atoms with Crippen molar-refractivity contribution in [3.63, 3.8) is 0 Å². The Labute approximate surface area is 148 Å². The van der Waals surface area contributed by atoms with Gasteiger partial charge in [0.2, 0.25) is 10.0 Å². The lowest BCUT2D eigenvalue weighted by molar-refractivity contribution is 0.102. The summed E-state index contributed by atoms with van der Waals surface area (Å²) in [5, 5.41) is 2.32. The highest BCUT2D eigenvalue weighted by atomic mass is 32.2. The van der Waals surface area contributed by atoms with E-state index in [1.54, 1.807) is 0 Å². The highest BCUT2D eigenvalue weighted by Crippen LogP contribution is 2.23. The van der Waals surface area contributed by atoms with Crippen LogP contribution in [0.2, 0.25) is 0 Å². The van der Waals surface area contributed by atoms with E-state index in [9.17, 15) is 26.4 Å². The maximum Gasteiger partial charge on any atom is 0.258 e. The van der Waals surface area contributed by atoms with Gasteiger partial charge in [-0.05, 0) is 49.2 Å². The third-order valence-corrected chi connectivity index (χ3v) is 6.01. The van der Waals surface area contributed by atoms with Gasteiger partial charge in [-0.25, -0.2) is 21.6 Å². The van der Waals surface area contributed by atoms with Crippen LogP contribution in [-0.4, -0.2) is 31.7 Å². The predicted molar refractivity (Wildman–Crippen MR) is 88.7 cm³/mol. The molecule has 0 aromatic heterocycles. The predicted octanol–water partition coefficient (Wildman–Crippen LogP) is 3.14. The molecule has 1 heterocycles. The van der Waals surface area contributed by atoms with Crippen molar-refractivity contribution < 1.29 is 26.4 Å². The first-order valence-corrected chi connectivity index (χ1v) is 9.30. The molecule has 0 atom stereocenters. The fraction of sp³-hybridized carbons (Fsp3) is 0.235. The lowest BCUT2D eigenvalue weighted by atomic mass is 10.1. The molecule has 1 N–H and O–H groups in total. The number of rotatable bonds is 4. The fourth-order valence-electron chi connectivity index (χ4n) is 2.69. The Bertz CT molecular complexity index is 940. The third kappa shape index (κ3) is 3.45. The first kappa shape index (κ1) is 18.4. The highest BCUT2D eigenvalue weighted by Gasteiger charge is 2.27. The van der Waals surface area contributed by atoms with Gasteiger partial charge >= 0.3 is 0 Å². The summed E-state index contributed by atoms with van der Waals surface area (Å²) < 4.78 is 66.0. The fourth-order valence-corrected chi connectivity index (χ4v) is 4.20. The summed E-state index contributed by atoms with van der Waals surface area (Å²) in [7, 11) is -3.58. The normalized spacial score (nSPS) is 15.2. The monoisotopic (exact) mass is 384 g/mol. The van der Waals surface area contributed by atoms with E-state index in [2.05, 4.69) is 5.32 Å². The molecule has 9 heteroatoms. The van der Waals surface area contributed by atoms with Crippen LogP contribution >= 0.6 is 0 Å². The van der Waals surface area contributed by atoms with Gasteiger partial charge in [0.1, 0.15) is 0 Å². The minimum atomic E-state index is -3.58. The molecule has 138 valence electrons. The molecule has 0 radical (unpaired) electrons. The molecule has 1 aliphatic heterocycles. The standard InChI is InChI=1S/C17H15F3N2O3S/c18-14-8-7-13(15(19)16(14)20)17(23)21-11-3-5-12(6-4-11)26(24,25)22-9-1-2-10-22/h3-8H,1-2,9-10H2,(H,21,23). The Kier molecular flexibility index (Phi) is 5.01. The van der Waals surface area contributed by atoms with Gasteiger partial charge in [0.15, 0.2) is 17.5 Å². The summed E-state index contributed by atoms with van der Waals surface area (Å²) in [5.41, 5.74) is -0.461. The van der Waals surface area contributed by atoms with Crippen molar-refractivity contribution in [2.75, 3.05) is 18.4 Å². The average Bonchev–Trinajstić information content (AvgIpc) is 3.15. The van der Waals surface area contributed by atoms with E-state index in [0.717, 1.165) is 18.9 Å². The average molecular weight is 384 g/mol. The van der Waals surface area contributed by atoms with E-state index in [1.165, 1.54) is 28.6 Å². The molecule has 0 saturated carbocycles. The summed E-state index contributed by atoms with van der Waals surface area (Å²) in [6.07, 6.45) is 1.63. The van der Waals surface area contributed by atoms with Crippen LogP contribution < -0.4 is 5.32 Å². The molecule has 0 aliphatic carbocycles.